The van der Waals surface area contributed by atoms with Gasteiger partial charge in [-0.25, -0.2) is 4.79 Å². The van der Waals surface area contributed by atoms with Gasteiger partial charge in [0.1, 0.15) is 23.4 Å². The molecule has 3 amide bonds. The number of carbonyl (C=O) groups excluding carboxylic acids is 3. The van der Waals surface area contributed by atoms with E-state index in [1.807, 2.05) is 20.8 Å². The van der Waals surface area contributed by atoms with Crippen molar-refractivity contribution >= 4 is 17.9 Å². The molecule has 1 aliphatic rings. The highest BCUT2D eigenvalue weighted by molar-refractivity contribution is 5.92. The van der Waals surface area contributed by atoms with Gasteiger partial charge in [0, 0.05) is 12.6 Å². The van der Waals surface area contributed by atoms with Crippen LogP contribution in [0.5, 0.6) is 5.75 Å². The molecule has 8 nitrogen and oxygen atoms in total. The molecule has 3 N–H and O–H groups in total. The van der Waals surface area contributed by atoms with Gasteiger partial charge < -0.3 is 25.4 Å². The monoisotopic (exact) mass is 503 g/mol. The topological polar surface area (TPSA) is 108 Å². The molecule has 1 aromatic carbocycles. The first kappa shape index (κ1) is 29.5. The number of benzene rings is 1. The van der Waals surface area contributed by atoms with Crippen LogP contribution in [-0.2, 0) is 14.3 Å². The van der Waals surface area contributed by atoms with Crippen LogP contribution in [0.3, 0.4) is 0 Å². The van der Waals surface area contributed by atoms with E-state index < -0.39 is 23.8 Å². The Labute approximate surface area is 216 Å². The lowest BCUT2D eigenvalue weighted by Gasteiger charge is -2.37. The molecule has 3 atom stereocenters. The minimum atomic E-state index is -0.882. The maximum atomic E-state index is 14.0. The van der Waals surface area contributed by atoms with Gasteiger partial charge in [0.25, 0.3) is 0 Å². The zero-order chi connectivity index (χ0) is 26.9. The van der Waals surface area contributed by atoms with Crippen molar-refractivity contribution in [1.29, 1.82) is 0 Å². The van der Waals surface area contributed by atoms with Crippen LogP contribution in [0.2, 0.25) is 0 Å². The summed E-state index contributed by atoms with van der Waals surface area (Å²) < 4.78 is 5.43. The summed E-state index contributed by atoms with van der Waals surface area (Å²) >= 11 is 0. The van der Waals surface area contributed by atoms with Crippen molar-refractivity contribution in [1.82, 2.24) is 15.5 Å². The maximum absolute atomic E-state index is 14.0. The summed E-state index contributed by atoms with van der Waals surface area (Å²) in [5.74, 6) is -0.655. The SMILES string of the molecule is CCCN(C(=O)C(NC(=O)OC(C)(C)C)C(C)CC)C(C(=O)NC1CCCCC1)c1ccc(O)cc1. The highest BCUT2D eigenvalue weighted by atomic mass is 16.6. The molecular formula is C28H45N3O5. The standard InChI is InChI=1S/C28H45N3O5/c1-7-18-31(26(34)23(19(3)8-2)30-27(35)36-28(4,5)6)24(20-14-16-22(32)17-15-20)25(33)29-21-12-10-9-11-13-21/h14-17,19,21,23-24,32H,7-13,18H2,1-6H3,(H,29,33)(H,30,35). The number of alkyl carbamates (subject to hydrolysis) is 1. The summed E-state index contributed by atoms with van der Waals surface area (Å²) in [7, 11) is 0. The fourth-order valence-electron chi connectivity index (χ4n) is 4.56. The lowest BCUT2D eigenvalue weighted by Crippen LogP contribution is -2.56. The summed E-state index contributed by atoms with van der Waals surface area (Å²) in [5.41, 5.74) is -0.0897. The number of phenols is 1. The average molecular weight is 504 g/mol. The lowest BCUT2D eigenvalue weighted by molar-refractivity contribution is -0.143. The number of nitrogens with one attached hydrogen (secondary N) is 2. The lowest BCUT2D eigenvalue weighted by atomic mass is 9.93. The molecule has 1 fully saturated rings. The third-order valence-corrected chi connectivity index (χ3v) is 6.62. The zero-order valence-corrected chi connectivity index (χ0v) is 22.8. The molecule has 0 saturated heterocycles. The average Bonchev–Trinajstić information content (AvgIpc) is 2.82. The molecule has 36 heavy (non-hydrogen) atoms. The molecule has 2 rings (SSSR count). The second-order valence-corrected chi connectivity index (χ2v) is 10.9. The molecule has 0 bridgehead atoms. The number of hydrogen-bond acceptors (Lipinski definition) is 5. The first-order valence-electron chi connectivity index (χ1n) is 13.4. The first-order valence-corrected chi connectivity index (χ1v) is 13.4. The van der Waals surface area contributed by atoms with Crippen molar-refractivity contribution in [3.05, 3.63) is 29.8 Å². The summed E-state index contributed by atoms with van der Waals surface area (Å²) in [4.78, 5) is 42.0. The number of nitrogens with zero attached hydrogens (tertiary/aromatic N) is 1. The summed E-state index contributed by atoms with van der Waals surface area (Å²) in [6.45, 7) is 11.5. The van der Waals surface area contributed by atoms with Crippen LogP contribution in [-0.4, -0.2) is 52.1 Å². The van der Waals surface area contributed by atoms with Crippen LogP contribution in [0, 0.1) is 5.92 Å². The summed E-state index contributed by atoms with van der Waals surface area (Å²) in [6, 6.07) is 4.75. The van der Waals surface area contributed by atoms with E-state index in [0.717, 1.165) is 25.7 Å². The van der Waals surface area contributed by atoms with Crippen molar-refractivity contribution < 1.29 is 24.2 Å². The van der Waals surface area contributed by atoms with Crippen LogP contribution in [0.15, 0.2) is 24.3 Å². The largest absolute Gasteiger partial charge is 0.508 e. The van der Waals surface area contributed by atoms with Crippen LogP contribution < -0.4 is 10.6 Å². The Morgan fingerprint density at radius 2 is 1.69 bits per heavy atom. The van der Waals surface area contributed by atoms with E-state index in [0.29, 0.717) is 24.9 Å². The molecule has 0 heterocycles. The Bertz CT molecular complexity index is 859. The fourth-order valence-corrected chi connectivity index (χ4v) is 4.56. The van der Waals surface area contributed by atoms with Crippen LogP contribution in [0.4, 0.5) is 4.79 Å². The van der Waals surface area contributed by atoms with Gasteiger partial charge in [0.15, 0.2) is 0 Å². The van der Waals surface area contributed by atoms with E-state index in [1.54, 1.807) is 37.8 Å². The molecule has 0 aromatic heterocycles. The van der Waals surface area contributed by atoms with E-state index >= 15 is 0 Å². The number of hydrogen-bond donors (Lipinski definition) is 3. The smallest absolute Gasteiger partial charge is 0.408 e. The molecule has 0 aliphatic heterocycles. The molecule has 202 valence electrons. The van der Waals surface area contributed by atoms with Crippen molar-refractivity contribution in [3.63, 3.8) is 0 Å². The Balaban J connectivity index is 2.42. The van der Waals surface area contributed by atoms with Crippen LogP contribution >= 0.6 is 0 Å². The number of aromatic hydroxyl groups is 1. The van der Waals surface area contributed by atoms with E-state index in [1.165, 1.54) is 18.6 Å². The Hall–Kier alpha value is -2.77. The molecule has 0 spiro atoms. The molecule has 0 radical (unpaired) electrons. The molecule has 1 aromatic rings. The molecular weight excluding hydrogens is 458 g/mol. The molecule has 8 heteroatoms. The number of rotatable bonds is 10. The van der Waals surface area contributed by atoms with Gasteiger partial charge in [-0.2, -0.15) is 0 Å². The Kier molecular flexibility index (Phi) is 11.1. The van der Waals surface area contributed by atoms with Gasteiger partial charge >= 0.3 is 6.09 Å². The van der Waals surface area contributed by atoms with Crippen molar-refractivity contribution in [3.8, 4) is 5.75 Å². The molecule has 3 unspecified atom stereocenters. The minimum Gasteiger partial charge on any atom is -0.508 e. The third-order valence-electron chi connectivity index (χ3n) is 6.62. The second-order valence-electron chi connectivity index (χ2n) is 10.9. The normalized spacial score (nSPS) is 16.9. The van der Waals surface area contributed by atoms with E-state index in [2.05, 4.69) is 10.6 Å². The Morgan fingerprint density at radius 3 is 2.22 bits per heavy atom. The van der Waals surface area contributed by atoms with E-state index in [9.17, 15) is 19.5 Å². The van der Waals surface area contributed by atoms with Crippen molar-refractivity contribution in [2.24, 2.45) is 5.92 Å². The number of phenolic OH excluding ortho intramolecular Hbond substituents is 1. The van der Waals surface area contributed by atoms with Crippen LogP contribution in [0.25, 0.3) is 0 Å². The van der Waals surface area contributed by atoms with Crippen molar-refractivity contribution in [2.75, 3.05) is 6.54 Å². The number of amides is 3. The number of carbonyl (C=O) groups is 3. The molecule has 1 saturated carbocycles. The van der Waals surface area contributed by atoms with Crippen molar-refractivity contribution in [2.45, 2.75) is 110 Å². The van der Waals surface area contributed by atoms with Gasteiger partial charge in [0.2, 0.25) is 11.8 Å². The van der Waals surface area contributed by atoms with Gasteiger partial charge in [0.05, 0.1) is 0 Å². The predicted octanol–water partition coefficient (Wildman–Crippen LogP) is 5.06. The zero-order valence-electron chi connectivity index (χ0n) is 22.8. The predicted molar refractivity (Wildman–Crippen MR) is 140 cm³/mol. The van der Waals surface area contributed by atoms with Gasteiger partial charge in [-0.05, 0) is 63.6 Å². The summed E-state index contributed by atoms with van der Waals surface area (Å²) in [6.07, 6.45) is 5.79. The van der Waals surface area contributed by atoms with Gasteiger partial charge in [-0.3, -0.25) is 9.59 Å². The highest BCUT2D eigenvalue weighted by Gasteiger charge is 2.38. The summed E-state index contributed by atoms with van der Waals surface area (Å²) in [5, 5.41) is 15.8. The highest BCUT2D eigenvalue weighted by Crippen LogP contribution is 2.27. The third kappa shape index (κ3) is 8.71. The maximum Gasteiger partial charge on any atom is 0.408 e. The second kappa shape index (κ2) is 13.5. The fraction of sp³-hybridized carbons (Fsp3) is 0.679. The minimum absolute atomic E-state index is 0.0784. The van der Waals surface area contributed by atoms with Gasteiger partial charge in [-0.1, -0.05) is 58.6 Å². The first-order chi connectivity index (χ1) is 17.0. The van der Waals surface area contributed by atoms with E-state index in [4.69, 9.17) is 4.74 Å². The Morgan fingerprint density at radius 1 is 1.08 bits per heavy atom. The van der Waals surface area contributed by atoms with E-state index in [-0.39, 0.29) is 29.5 Å². The number of ether oxygens (including phenoxy) is 1. The quantitative estimate of drug-likeness (QED) is 0.414. The van der Waals surface area contributed by atoms with Gasteiger partial charge in [-0.15, -0.1) is 0 Å². The molecule has 1 aliphatic carbocycles. The van der Waals surface area contributed by atoms with Crippen LogP contribution in [0.1, 0.15) is 98.1 Å².